The molecule has 0 bridgehead atoms. The van der Waals surface area contributed by atoms with E-state index in [1.807, 2.05) is 30.0 Å². The first kappa shape index (κ1) is 20.0. The van der Waals surface area contributed by atoms with Crippen LogP contribution in [-0.4, -0.2) is 19.0 Å². The number of allylic oxidation sites excluding steroid dienone is 1. The third-order valence-corrected chi connectivity index (χ3v) is 6.59. The molecule has 0 amide bonds. The largest absolute Gasteiger partial charge is 0.497 e. The Kier molecular flexibility index (Phi) is 7.85. The molecule has 2 aromatic carbocycles. The molecule has 0 saturated heterocycles. The molecule has 27 heavy (non-hydrogen) atoms. The summed E-state index contributed by atoms with van der Waals surface area (Å²) in [5.41, 5.74) is 2.83. The van der Waals surface area contributed by atoms with Gasteiger partial charge in [-0.3, -0.25) is 0 Å². The van der Waals surface area contributed by atoms with E-state index < -0.39 is 0 Å². The number of thioether (sulfide) groups is 1. The van der Waals surface area contributed by atoms with Crippen LogP contribution in [-0.2, 0) is 11.3 Å². The maximum Gasteiger partial charge on any atom is 0.118 e. The van der Waals surface area contributed by atoms with Crippen molar-refractivity contribution in [2.24, 2.45) is 5.92 Å². The van der Waals surface area contributed by atoms with Crippen molar-refractivity contribution in [3.05, 3.63) is 71.8 Å². The molecule has 3 heteroatoms. The highest BCUT2D eigenvalue weighted by Gasteiger charge is 2.24. The summed E-state index contributed by atoms with van der Waals surface area (Å²) >= 11 is 1.96. The molecule has 1 aliphatic rings. The molecule has 0 heterocycles. The minimum Gasteiger partial charge on any atom is -0.497 e. The van der Waals surface area contributed by atoms with Crippen LogP contribution in [0.15, 0.2) is 71.1 Å². The van der Waals surface area contributed by atoms with Crippen LogP contribution in [0.1, 0.15) is 38.2 Å². The molecule has 0 aromatic heterocycles. The summed E-state index contributed by atoms with van der Waals surface area (Å²) in [6.07, 6.45) is 7.53. The van der Waals surface area contributed by atoms with Gasteiger partial charge in [0, 0.05) is 10.1 Å². The van der Waals surface area contributed by atoms with E-state index in [2.05, 4.69) is 49.4 Å². The molecule has 0 fully saturated rings. The summed E-state index contributed by atoms with van der Waals surface area (Å²) in [4.78, 5) is 1.29. The molecule has 0 saturated carbocycles. The molecule has 0 N–H and O–H groups in total. The zero-order valence-electron chi connectivity index (χ0n) is 16.4. The second-order valence-electron chi connectivity index (χ2n) is 7.22. The molecular formula is C24H30O2S. The highest BCUT2D eigenvalue weighted by molar-refractivity contribution is 8.00. The van der Waals surface area contributed by atoms with Crippen LogP contribution in [0.2, 0.25) is 0 Å². The summed E-state index contributed by atoms with van der Waals surface area (Å²) in [6, 6.07) is 18.8. The van der Waals surface area contributed by atoms with Crippen molar-refractivity contribution in [2.45, 2.75) is 49.4 Å². The third kappa shape index (κ3) is 6.15. The standard InChI is InChI=1S/C24H30O2S/c1-19(17-26-18-20-9-5-3-6-10-20)24(21-11-7-4-8-12-21)27-23-15-13-22(25-2)14-16-23/h3,5-6,9-11,13-16,19,24H,4,7-8,12,17-18H2,1-2H3/t19-,24+/m0/s1. The zero-order chi connectivity index (χ0) is 18.9. The summed E-state index contributed by atoms with van der Waals surface area (Å²) in [7, 11) is 1.71. The van der Waals surface area contributed by atoms with E-state index in [-0.39, 0.29) is 0 Å². The number of hydrogen-bond acceptors (Lipinski definition) is 3. The first-order chi connectivity index (χ1) is 13.3. The number of rotatable bonds is 9. The molecule has 2 nitrogen and oxygen atoms in total. The van der Waals surface area contributed by atoms with Crippen LogP contribution in [0.3, 0.4) is 0 Å². The fourth-order valence-electron chi connectivity index (χ4n) is 3.50. The van der Waals surface area contributed by atoms with Gasteiger partial charge in [-0.25, -0.2) is 0 Å². The van der Waals surface area contributed by atoms with Crippen molar-refractivity contribution in [2.75, 3.05) is 13.7 Å². The maximum absolute atomic E-state index is 6.07. The first-order valence-electron chi connectivity index (χ1n) is 9.87. The lowest BCUT2D eigenvalue weighted by atomic mass is 9.92. The van der Waals surface area contributed by atoms with Crippen molar-refractivity contribution in [3.63, 3.8) is 0 Å². The van der Waals surface area contributed by atoms with Crippen molar-refractivity contribution in [3.8, 4) is 5.75 Å². The van der Waals surface area contributed by atoms with Gasteiger partial charge in [0.05, 0.1) is 20.3 Å². The van der Waals surface area contributed by atoms with Crippen LogP contribution in [0.4, 0.5) is 0 Å². The predicted octanol–water partition coefficient (Wildman–Crippen LogP) is 6.51. The molecule has 0 unspecified atom stereocenters. The molecule has 2 aromatic rings. The molecule has 3 rings (SSSR count). The van der Waals surface area contributed by atoms with Crippen LogP contribution in [0.25, 0.3) is 0 Å². The Labute approximate surface area is 168 Å². The van der Waals surface area contributed by atoms with E-state index >= 15 is 0 Å². The van der Waals surface area contributed by atoms with Gasteiger partial charge < -0.3 is 9.47 Å². The average Bonchev–Trinajstić information content (AvgIpc) is 2.74. The Bertz CT molecular complexity index is 709. The van der Waals surface area contributed by atoms with Gasteiger partial charge in [0.25, 0.3) is 0 Å². The van der Waals surface area contributed by atoms with E-state index in [4.69, 9.17) is 9.47 Å². The quantitative estimate of drug-likeness (QED) is 0.364. The normalized spacial score (nSPS) is 16.4. The van der Waals surface area contributed by atoms with E-state index in [0.29, 0.717) is 17.8 Å². The average molecular weight is 383 g/mol. The number of benzene rings is 2. The van der Waals surface area contributed by atoms with Gasteiger partial charge in [-0.05, 0) is 61.4 Å². The zero-order valence-corrected chi connectivity index (χ0v) is 17.2. The van der Waals surface area contributed by atoms with Crippen molar-refractivity contribution < 1.29 is 9.47 Å². The second kappa shape index (κ2) is 10.6. The minimum atomic E-state index is 0.463. The van der Waals surface area contributed by atoms with Crippen molar-refractivity contribution in [1.29, 1.82) is 0 Å². The smallest absolute Gasteiger partial charge is 0.118 e. The topological polar surface area (TPSA) is 18.5 Å². The first-order valence-corrected chi connectivity index (χ1v) is 10.8. The molecule has 0 spiro atoms. The molecular weight excluding hydrogens is 352 g/mol. The van der Waals surface area contributed by atoms with Crippen LogP contribution in [0, 0.1) is 5.92 Å². The summed E-state index contributed by atoms with van der Waals surface area (Å²) < 4.78 is 11.4. The summed E-state index contributed by atoms with van der Waals surface area (Å²) in [5, 5.41) is 0.467. The Balaban J connectivity index is 1.63. The Morgan fingerprint density at radius 3 is 2.44 bits per heavy atom. The van der Waals surface area contributed by atoms with Gasteiger partial charge in [0.1, 0.15) is 5.75 Å². The SMILES string of the molecule is COc1ccc(S[C@@H](C2=CCCCC2)[C@@H](C)COCc2ccccc2)cc1. The predicted molar refractivity (Wildman–Crippen MR) is 114 cm³/mol. The molecule has 1 aliphatic carbocycles. The minimum absolute atomic E-state index is 0.463. The van der Waals surface area contributed by atoms with Gasteiger partial charge in [-0.2, -0.15) is 0 Å². The van der Waals surface area contributed by atoms with Crippen LogP contribution >= 0.6 is 11.8 Å². The third-order valence-electron chi connectivity index (χ3n) is 5.02. The molecule has 2 atom stereocenters. The van der Waals surface area contributed by atoms with E-state index in [1.165, 1.54) is 36.1 Å². The van der Waals surface area contributed by atoms with Crippen molar-refractivity contribution >= 4 is 11.8 Å². The monoisotopic (exact) mass is 382 g/mol. The number of ether oxygens (including phenoxy) is 2. The lowest BCUT2D eigenvalue weighted by Crippen LogP contribution is -2.23. The Morgan fingerprint density at radius 1 is 1.00 bits per heavy atom. The lowest BCUT2D eigenvalue weighted by Gasteiger charge is -2.28. The van der Waals surface area contributed by atoms with Crippen LogP contribution in [0.5, 0.6) is 5.75 Å². The fraction of sp³-hybridized carbons (Fsp3) is 0.417. The highest BCUT2D eigenvalue weighted by atomic mass is 32.2. The van der Waals surface area contributed by atoms with E-state index in [1.54, 1.807) is 12.7 Å². The molecule has 0 aliphatic heterocycles. The molecule has 0 radical (unpaired) electrons. The van der Waals surface area contributed by atoms with E-state index in [0.717, 1.165) is 12.4 Å². The molecule has 144 valence electrons. The van der Waals surface area contributed by atoms with Gasteiger partial charge in [-0.15, -0.1) is 11.8 Å². The van der Waals surface area contributed by atoms with Gasteiger partial charge in [0.15, 0.2) is 0 Å². The lowest BCUT2D eigenvalue weighted by molar-refractivity contribution is 0.0932. The second-order valence-corrected chi connectivity index (χ2v) is 8.43. The number of hydrogen-bond donors (Lipinski definition) is 0. The Hall–Kier alpha value is -1.71. The summed E-state index contributed by atoms with van der Waals surface area (Å²) in [6.45, 7) is 3.78. The maximum atomic E-state index is 6.07. The van der Waals surface area contributed by atoms with Gasteiger partial charge >= 0.3 is 0 Å². The number of methoxy groups -OCH3 is 1. The fourth-order valence-corrected chi connectivity index (χ4v) is 4.77. The highest BCUT2D eigenvalue weighted by Crippen LogP contribution is 2.37. The van der Waals surface area contributed by atoms with Gasteiger partial charge in [-0.1, -0.05) is 48.9 Å². The van der Waals surface area contributed by atoms with E-state index in [9.17, 15) is 0 Å². The summed E-state index contributed by atoms with van der Waals surface area (Å²) in [5.74, 6) is 1.37. The Morgan fingerprint density at radius 2 is 1.78 bits per heavy atom. The van der Waals surface area contributed by atoms with Gasteiger partial charge in [0.2, 0.25) is 0 Å². The van der Waals surface area contributed by atoms with Crippen molar-refractivity contribution in [1.82, 2.24) is 0 Å². The van der Waals surface area contributed by atoms with Crippen LogP contribution < -0.4 is 4.74 Å².